The third-order valence-corrected chi connectivity index (χ3v) is 3.45. The van der Waals surface area contributed by atoms with Crippen molar-refractivity contribution in [1.82, 2.24) is 0 Å². The molecule has 1 aromatic rings. The van der Waals surface area contributed by atoms with Crippen LogP contribution in [0.1, 0.15) is 45.1 Å². The number of ketones is 1. The molecule has 0 fully saturated rings. The van der Waals surface area contributed by atoms with E-state index >= 15 is 0 Å². The van der Waals surface area contributed by atoms with Crippen molar-refractivity contribution >= 4 is 11.8 Å². The normalized spacial score (nSPS) is 13.1. The Kier molecular flexibility index (Phi) is 4.65. The van der Waals surface area contributed by atoms with Crippen molar-refractivity contribution in [3.8, 4) is 0 Å². The van der Waals surface area contributed by atoms with Crippen LogP contribution in [0.2, 0.25) is 0 Å². The molecular formula is C15H20O3. The van der Waals surface area contributed by atoms with Gasteiger partial charge in [-0.15, -0.1) is 0 Å². The number of carbonyl (C=O) groups excluding carboxylic acids is 1. The molecule has 1 rings (SSSR count). The number of carboxylic acid groups (broad SMARTS) is 1. The van der Waals surface area contributed by atoms with E-state index in [0.29, 0.717) is 6.42 Å². The minimum atomic E-state index is -0.941. The van der Waals surface area contributed by atoms with Crippen LogP contribution in [0.3, 0.4) is 0 Å². The van der Waals surface area contributed by atoms with E-state index in [4.69, 9.17) is 5.11 Å². The molecule has 0 radical (unpaired) electrons. The second kappa shape index (κ2) is 5.80. The lowest BCUT2D eigenvalue weighted by Gasteiger charge is -2.26. The smallest absolute Gasteiger partial charge is 0.304 e. The molecule has 0 saturated carbocycles. The highest BCUT2D eigenvalue weighted by molar-refractivity contribution is 5.93. The lowest BCUT2D eigenvalue weighted by Crippen LogP contribution is -2.30. The maximum atomic E-state index is 12.5. The van der Waals surface area contributed by atoms with Gasteiger partial charge in [0.25, 0.3) is 0 Å². The predicted octanol–water partition coefficient (Wildman–Crippen LogP) is 3.25. The second-order valence-electron chi connectivity index (χ2n) is 5.16. The van der Waals surface area contributed by atoms with Crippen molar-refractivity contribution in [2.24, 2.45) is 5.41 Å². The van der Waals surface area contributed by atoms with Crippen LogP contribution in [0.4, 0.5) is 0 Å². The van der Waals surface area contributed by atoms with Crippen LogP contribution in [0.15, 0.2) is 30.3 Å². The Morgan fingerprint density at radius 2 is 1.78 bits per heavy atom. The molecule has 0 heterocycles. The van der Waals surface area contributed by atoms with E-state index in [1.807, 2.05) is 51.1 Å². The summed E-state index contributed by atoms with van der Waals surface area (Å²) in [5.41, 5.74) is 0.294. The molecule has 0 aliphatic heterocycles. The molecule has 0 bridgehead atoms. The Labute approximate surface area is 108 Å². The maximum Gasteiger partial charge on any atom is 0.304 e. The molecule has 0 spiro atoms. The zero-order valence-electron chi connectivity index (χ0n) is 11.1. The molecule has 3 heteroatoms. The van der Waals surface area contributed by atoms with Gasteiger partial charge in [-0.05, 0) is 12.0 Å². The van der Waals surface area contributed by atoms with Gasteiger partial charge in [-0.2, -0.15) is 0 Å². The van der Waals surface area contributed by atoms with E-state index in [2.05, 4.69) is 0 Å². The first-order chi connectivity index (χ1) is 8.38. The van der Waals surface area contributed by atoms with Crippen LogP contribution < -0.4 is 0 Å². The van der Waals surface area contributed by atoms with Gasteiger partial charge in [-0.25, -0.2) is 0 Å². The van der Waals surface area contributed by atoms with Gasteiger partial charge in [0, 0.05) is 5.41 Å². The van der Waals surface area contributed by atoms with E-state index in [1.165, 1.54) is 0 Å². The van der Waals surface area contributed by atoms with Crippen molar-refractivity contribution in [2.75, 3.05) is 0 Å². The summed E-state index contributed by atoms with van der Waals surface area (Å²) in [7, 11) is 0. The van der Waals surface area contributed by atoms with Gasteiger partial charge in [0.1, 0.15) is 5.78 Å². The number of carbonyl (C=O) groups is 2. The van der Waals surface area contributed by atoms with Crippen LogP contribution >= 0.6 is 0 Å². The van der Waals surface area contributed by atoms with Crippen LogP contribution in [-0.2, 0) is 9.59 Å². The topological polar surface area (TPSA) is 54.4 Å². The van der Waals surface area contributed by atoms with Gasteiger partial charge in [0.05, 0.1) is 12.3 Å². The minimum absolute atomic E-state index is 0.00130. The summed E-state index contributed by atoms with van der Waals surface area (Å²) in [4.78, 5) is 23.4. The fraction of sp³-hybridized carbons (Fsp3) is 0.467. The van der Waals surface area contributed by atoms with E-state index in [1.54, 1.807) is 0 Å². The van der Waals surface area contributed by atoms with Gasteiger partial charge in [0.15, 0.2) is 0 Å². The standard InChI is InChI=1S/C15H20O3/c1-4-15(2,3)14(18)12(10-13(16)17)11-8-6-5-7-9-11/h5-9,12H,4,10H2,1-3H3,(H,16,17)/t12-/m0/s1. The van der Waals surface area contributed by atoms with Crippen LogP contribution in [-0.4, -0.2) is 16.9 Å². The zero-order chi connectivity index (χ0) is 13.8. The molecular weight excluding hydrogens is 228 g/mol. The third-order valence-electron chi connectivity index (χ3n) is 3.45. The monoisotopic (exact) mass is 248 g/mol. The van der Waals surface area contributed by atoms with Crippen molar-refractivity contribution in [3.05, 3.63) is 35.9 Å². The largest absolute Gasteiger partial charge is 0.481 e. The highest BCUT2D eigenvalue weighted by atomic mass is 16.4. The summed E-state index contributed by atoms with van der Waals surface area (Å²) in [6.07, 6.45) is 0.557. The maximum absolute atomic E-state index is 12.5. The highest BCUT2D eigenvalue weighted by Gasteiger charge is 2.34. The Morgan fingerprint density at radius 1 is 1.22 bits per heavy atom. The summed E-state index contributed by atoms with van der Waals surface area (Å²) in [5.74, 6) is -1.50. The van der Waals surface area contributed by atoms with Crippen molar-refractivity contribution < 1.29 is 14.7 Å². The van der Waals surface area contributed by atoms with Crippen molar-refractivity contribution in [3.63, 3.8) is 0 Å². The molecule has 1 N–H and O–H groups in total. The van der Waals surface area contributed by atoms with Crippen molar-refractivity contribution in [2.45, 2.75) is 39.5 Å². The number of benzene rings is 1. The van der Waals surface area contributed by atoms with Gasteiger partial charge in [0.2, 0.25) is 0 Å². The predicted molar refractivity (Wildman–Crippen MR) is 70.5 cm³/mol. The van der Waals surface area contributed by atoms with Crippen LogP contribution in [0.5, 0.6) is 0 Å². The van der Waals surface area contributed by atoms with Crippen LogP contribution in [0, 0.1) is 5.41 Å². The molecule has 0 aromatic heterocycles. The van der Waals surface area contributed by atoms with E-state index in [0.717, 1.165) is 5.56 Å². The zero-order valence-corrected chi connectivity index (χ0v) is 11.1. The SMILES string of the molecule is CCC(C)(C)C(=O)[C@@H](CC(=O)O)c1ccccc1. The molecule has 3 nitrogen and oxygen atoms in total. The van der Waals surface area contributed by atoms with Gasteiger partial charge in [-0.3, -0.25) is 9.59 Å². The lowest BCUT2D eigenvalue weighted by atomic mass is 9.75. The summed E-state index contributed by atoms with van der Waals surface area (Å²) in [5, 5.41) is 8.98. The average Bonchev–Trinajstić information content (AvgIpc) is 2.36. The number of rotatable bonds is 6. The van der Waals surface area contributed by atoms with E-state index < -0.39 is 17.3 Å². The molecule has 0 unspecified atom stereocenters. The van der Waals surface area contributed by atoms with E-state index in [9.17, 15) is 9.59 Å². The molecule has 98 valence electrons. The van der Waals surface area contributed by atoms with Crippen LogP contribution in [0.25, 0.3) is 0 Å². The molecule has 1 aromatic carbocycles. The van der Waals surface area contributed by atoms with Gasteiger partial charge < -0.3 is 5.11 Å². The Bertz CT molecular complexity index is 421. The first-order valence-electron chi connectivity index (χ1n) is 6.19. The molecule has 0 aliphatic carbocycles. The first-order valence-corrected chi connectivity index (χ1v) is 6.19. The summed E-state index contributed by atoms with van der Waals surface area (Å²) in [6, 6.07) is 9.15. The Balaban J connectivity index is 3.07. The lowest BCUT2D eigenvalue weighted by molar-refractivity contribution is -0.140. The number of carboxylic acids is 1. The summed E-state index contributed by atoms with van der Waals surface area (Å²) < 4.78 is 0. The molecule has 1 atom stereocenters. The number of hydrogen-bond acceptors (Lipinski definition) is 2. The second-order valence-corrected chi connectivity index (χ2v) is 5.16. The quantitative estimate of drug-likeness (QED) is 0.840. The summed E-state index contributed by atoms with van der Waals surface area (Å²) >= 11 is 0. The summed E-state index contributed by atoms with van der Waals surface area (Å²) in [6.45, 7) is 5.68. The molecule has 0 amide bonds. The fourth-order valence-corrected chi connectivity index (χ4v) is 1.87. The molecule has 18 heavy (non-hydrogen) atoms. The molecule has 0 aliphatic rings. The van der Waals surface area contributed by atoms with E-state index in [-0.39, 0.29) is 12.2 Å². The average molecular weight is 248 g/mol. The third kappa shape index (κ3) is 3.42. The number of Topliss-reactive ketones (excluding diaryl/α,β-unsaturated/α-hetero) is 1. The van der Waals surface area contributed by atoms with Gasteiger partial charge >= 0.3 is 5.97 Å². The Hall–Kier alpha value is -1.64. The highest BCUT2D eigenvalue weighted by Crippen LogP contribution is 2.32. The first kappa shape index (κ1) is 14.4. The van der Waals surface area contributed by atoms with Crippen molar-refractivity contribution in [1.29, 1.82) is 0 Å². The van der Waals surface area contributed by atoms with Gasteiger partial charge in [-0.1, -0.05) is 51.1 Å². The fourth-order valence-electron chi connectivity index (χ4n) is 1.87. The minimum Gasteiger partial charge on any atom is -0.481 e. The number of aliphatic carboxylic acids is 1. The Morgan fingerprint density at radius 3 is 2.22 bits per heavy atom. The number of hydrogen-bond donors (Lipinski definition) is 1. The molecule has 0 saturated heterocycles.